The van der Waals surface area contributed by atoms with E-state index in [0.717, 1.165) is 48.3 Å². The molecule has 0 aliphatic carbocycles. The van der Waals surface area contributed by atoms with Crippen molar-refractivity contribution in [1.29, 1.82) is 0 Å². The molecule has 3 aromatic heterocycles. The number of piperazine rings is 1. The van der Waals surface area contributed by atoms with Gasteiger partial charge in [-0.25, -0.2) is 9.97 Å². The summed E-state index contributed by atoms with van der Waals surface area (Å²) in [4.78, 5) is 32.8. The first-order valence-electron chi connectivity index (χ1n) is 10.2. The molecule has 0 unspecified atom stereocenters. The Balaban J connectivity index is 1.44. The number of aromatic nitrogens is 4. The molecule has 4 aromatic rings. The largest absolute Gasteiger partial charge is 0.367 e. The molecule has 0 saturated carbocycles. The zero-order chi connectivity index (χ0) is 21.0. The van der Waals surface area contributed by atoms with Crippen molar-refractivity contribution < 1.29 is 4.79 Å². The van der Waals surface area contributed by atoms with Gasteiger partial charge in [-0.05, 0) is 24.3 Å². The maximum Gasteiger partial charge on any atom is 0.274 e. The van der Waals surface area contributed by atoms with E-state index in [9.17, 15) is 4.79 Å². The molecule has 1 aliphatic rings. The maximum atomic E-state index is 13.0. The minimum absolute atomic E-state index is 0.285. The summed E-state index contributed by atoms with van der Waals surface area (Å²) in [6.45, 7) is 3.56. The predicted octanol–water partition coefficient (Wildman–Crippen LogP) is 2.75. The minimum atomic E-state index is -0.304. The van der Waals surface area contributed by atoms with Crippen molar-refractivity contribution in [1.82, 2.24) is 25.3 Å². The number of amides is 1. The van der Waals surface area contributed by atoms with Crippen molar-refractivity contribution in [3.05, 3.63) is 72.9 Å². The number of nitrogens with one attached hydrogen (secondary N) is 2. The van der Waals surface area contributed by atoms with Gasteiger partial charge in [0.15, 0.2) is 5.82 Å². The lowest BCUT2D eigenvalue weighted by molar-refractivity contribution is 0.102. The molecule has 4 heterocycles. The van der Waals surface area contributed by atoms with Gasteiger partial charge in [-0.1, -0.05) is 18.2 Å². The van der Waals surface area contributed by atoms with E-state index in [-0.39, 0.29) is 11.6 Å². The monoisotopic (exact) mass is 411 g/mol. The molecule has 5 rings (SSSR count). The summed E-state index contributed by atoms with van der Waals surface area (Å²) in [5, 5.41) is 7.30. The van der Waals surface area contributed by atoms with Crippen LogP contribution >= 0.6 is 0 Å². The van der Waals surface area contributed by atoms with Crippen LogP contribution in [0.5, 0.6) is 0 Å². The van der Waals surface area contributed by atoms with E-state index in [1.165, 1.54) is 0 Å². The summed E-state index contributed by atoms with van der Waals surface area (Å²) in [6.07, 6.45) is 6.75. The first kappa shape index (κ1) is 19.1. The van der Waals surface area contributed by atoms with Gasteiger partial charge < -0.3 is 15.5 Å². The van der Waals surface area contributed by atoms with Gasteiger partial charge in [0.25, 0.3) is 5.91 Å². The van der Waals surface area contributed by atoms with Crippen LogP contribution in [0, 0.1) is 0 Å². The molecular formula is C23H21N7O. The fourth-order valence-corrected chi connectivity index (χ4v) is 3.75. The summed E-state index contributed by atoms with van der Waals surface area (Å²) in [7, 11) is 0. The molecule has 0 atom stereocenters. The summed E-state index contributed by atoms with van der Waals surface area (Å²) in [5.74, 6) is 0.159. The zero-order valence-corrected chi connectivity index (χ0v) is 16.8. The fraction of sp³-hybridized carbons (Fsp3) is 0.174. The van der Waals surface area contributed by atoms with Gasteiger partial charge in [0, 0.05) is 55.7 Å². The third-order valence-corrected chi connectivity index (χ3v) is 5.27. The molecule has 1 aliphatic heterocycles. The number of nitrogens with zero attached hydrogens (tertiary/aromatic N) is 5. The Morgan fingerprint density at radius 3 is 2.74 bits per heavy atom. The average Bonchev–Trinajstić information content (AvgIpc) is 2.84. The summed E-state index contributed by atoms with van der Waals surface area (Å²) in [6, 6.07) is 13.2. The molecule has 0 radical (unpaired) electrons. The smallest absolute Gasteiger partial charge is 0.274 e. The second kappa shape index (κ2) is 8.45. The van der Waals surface area contributed by atoms with Crippen LogP contribution in [0.25, 0.3) is 22.3 Å². The van der Waals surface area contributed by atoms with E-state index >= 15 is 0 Å². The summed E-state index contributed by atoms with van der Waals surface area (Å²) < 4.78 is 0. The van der Waals surface area contributed by atoms with E-state index in [0.29, 0.717) is 11.5 Å². The van der Waals surface area contributed by atoms with Crippen molar-refractivity contribution in [2.75, 3.05) is 36.4 Å². The molecule has 1 amide bonds. The fourth-order valence-electron chi connectivity index (χ4n) is 3.75. The van der Waals surface area contributed by atoms with Crippen LogP contribution in [-0.2, 0) is 0 Å². The molecule has 0 bridgehead atoms. The minimum Gasteiger partial charge on any atom is -0.367 e. The number of hydrogen-bond donors (Lipinski definition) is 2. The predicted molar refractivity (Wildman–Crippen MR) is 120 cm³/mol. The average molecular weight is 411 g/mol. The van der Waals surface area contributed by atoms with Crippen LogP contribution in [0.4, 0.5) is 11.4 Å². The SMILES string of the molecule is O=C(Nc1cnccc1N1CCNCC1)c1ccnc(-c2cccc3cccnc23)n1. The Bertz CT molecular complexity index is 1230. The zero-order valence-electron chi connectivity index (χ0n) is 16.8. The molecule has 0 spiro atoms. The van der Waals surface area contributed by atoms with E-state index < -0.39 is 0 Å². The van der Waals surface area contributed by atoms with Crippen LogP contribution in [0.1, 0.15) is 10.5 Å². The molecule has 2 N–H and O–H groups in total. The number of benzene rings is 1. The summed E-state index contributed by atoms with van der Waals surface area (Å²) >= 11 is 0. The first-order valence-corrected chi connectivity index (χ1v) is 10.2. The molecule has 154 valence electrons. The van der Waals surface area contributed by atoms with Crippen LogP contribution < -0.4 is 15.5 Å². The van der Waals surface area contributed by atoms with Gasteiger partial charge in [0.05, 0.1) is 23.1 Å². The highest BCUT2D eigenvalue weighted by Crippen LogP contribution is 2.26. The molecule has 1 aromatic carbocycles. The van der Waals surface area contributed by atoms with Crippen molar-refractivity contribution in [3.8, 4) is 11.4 Å². The second-order valence-corrected chi connectivity index (χ2v) is 7.23. The van der Waals surface area contributed by atoms with Crippen molar-refractivity contribution in [3.63, 3.8) is 0 Å². The first-order chi connectivity index (χ1) is 15.3. The van der Waals surface area contributed by atoms with Crippen molar-refractivity contribution in [2.45, 2.75) is 0 Å². The molecule has 31 heavy (non-hydrogen) atoms. The Hall–Kier alpha value is -3.91. The molecule has 8 nitrogen and oxygen atoms in total. The maximum absolute atomic E-state index is 13.0. The third-order valence-electron chi connectivity index (χ3n) is 5.27. The van der Waals surface area contributed by atoms with Crippen molar-refractivity contribution >= 4 is 28.2 Å². The molecular weight excluding hydrogens is 390 g/mol. The van der Waals surface area contributed by atoms with Gasteiger partial charge in [-0.3, -0.25) is 14.8 Å². The number of anilines is 2. The molecule has 1 saturated heterocycles. The Morgan fingerprint density at radius 2 is 1.84 bits per heavy atom. The van der Waals surface area contributed by atoms with E-state index in [1.807, 2.05) is 36.4 Å². The molecule has 1 fully saturated rings. The Kier molecular flexibility index (Phi) is 5.20. The van der Waals surface area contributed by atoms with Crippen LogP contribution in [0.3, 0.4) is 0 Å². The number of fused-ring (bicyclic) bond motifs is 1. The third kappa shape index (κ3) is 3.93. The highest BCUT2D eigenvalue weighted by Gasteiger charge is 2.18. The number of carbonyl (C=O) groups is 1. The van der Waals surface area contributed by atoms with Gasteiger partial charge in [0.2, 0.25) is 0 Å². The van der Waals surface area contributed by atoms with E-state index in [1.54, 1.807) is 30.9 Å². The lowest BCUT2D eigenvalue weighted by atomic mass is 10.1. The van der Waals surface area contributed by atoms with E-state index in [4.69, 9.17) is 0 Å². The quantitative estimate of drug-likeness (QED) is 0.533. The van der Waals surface area contributed by atoms with Crippen LogP contribution in [0.15, 0.2) is 67.3 Å². The summed E-state index contributed by atoms with van der Waals surface area (Å²) in [5.41, 5.74) is 3.50. The van der Waals surface area contributed by atoms with Gasteiger partial charge >= 0.3 is 0 Å². The number of carbonyl (C=O) groups excluding carboxylic acids is 1. The van der Waals surface area contributed by atoms with Gasteiger partial charge in [-0.2, -0.15) is 0 Å². The van der Waals surface area contributed by atoms with Crippen LogP contribution in [0.2, 0.25) is 0 Å². The molecule has 8 heteroatoms. The Morgan fingerprint density at radius 1 is 0.968 bits per heavy atom. The highest BCUT2D eigenvalue weighted by molar-refractivity contribution is 6.05. The number of para-hydroxylation sites is 1. The normalized spacial score (nSPS) is 13.9. The highest BCUT2D eigenvalue weighted by atomic mass is 16.1. The lowest BCUT2D eigenvalue weighted by Gasteiger charge is -2.30. The van der Waals surface area contributed by atoms with Crippen molar-refractivity contribution in [2.24, 2.45) is 0 Å². The van der Waals surface area contributed by atoms with E-state index in [2.05, 4.69) is 35.5 Å². The number of pyridine rings is 2. The van der Waals surface area contributed by atoms with Gasteiger partial charge in [-0.15, -0.1) is 0 Å². The topological polar surface area (TPSA) is 95.9 Å². The Labute approximate surface area is 179 Å². The lowest BCUT2D eigenvalue weighted by Crippen LogP contribution is -2.43. The number of rotatable bonds is 4. The second-order valence-electron chi connectivity index (χ2n) is 7.23. The number of hydrogen-bond acceptors (Lipinski definition) is 7. The standard InChI is InChI=1S/C23H21N7O/c31-23(29-19-15-25-9-7-20(19)30-13-11-24-12-14-30)18-6-10-27-22(28-18)17-5-1-3-16-4-2-8-26-21(16)17/h1-10,15,24H,11-14H2,(H,29,31). The van der Waals surface area contributed by atoms with Crippen LogP contribution in [-0.4, -0.2) is 52.0 Å². The van der Waals surface area contributed by atoms with Gasteiger partial charge in [0.1, 0.15) is 5.69 Å².